The maximum absolute atomic E-state index is 12.8. The lowest BCUT2D eigenvalue weighted by atomic mass is 10.1. The van der Waals surface area contributed by atoms with E-state index in [0.29, 0.717) is 18.7 Å². The van der Waals surface area contributed by atoms with E-state index in [0.717, 1.165) is 12.8 Å². The van der Waals surface area contributed by atoms with Gasteiger partial charge in [0.15, 0.2) is 0 Å². The van der Waals surface area contributed by atoms with E-state index in [2.05, 4.69) is 5.32 Å². The van der Waals surface area contributed by atoms with Crippen molar-refractivity contribution >= 4 is 15.9 Å². The largest absolute Gasteiger partial charge is 0.495 e. The van der Waals surface area contributed by atoms with Crippen molar-refractivity contribution in [1.82, 2.24) is 9.62 Å². The van der Waals surface area contributed by atoms with Crippen LogP contribution in [0.2, 0.25) is 0 Å². The predicted molar refractivity (Wildman–Crippen MR) is 94.9 cm³/mol. The summed E-state index contributed by atoms with van der Waals surface area (Å²) in [6.07, 6.45) is 1.83. The van der Waals surface area contributed by atoms with E-state index in [1.54, 1.807) is 19.9 Å². The molecule has 1 N–H and O–H groups in total. The van der Waals surface area contributed by atoms with Crippen molar-refractivity contribution in [2.75, 3.05) is 20.2 Å². The number of carbonyl (C=O) groups is 1. The SMILES string of the molecule is CCC[C@@H](C)NC(=O)c1ccc(OC)c(S(=O)(=O)N(CC)CC)c1. The normalized spacial score (nSPS) is 12.9. The van der Waals surface area contributed by atoms with Crippen molar-refractivity contribution in [3.63, 3.8) is 0 Å². The molecule has 136 valence electrons. The highest BCUT2D eigenvalue weighted by Crippen LogP contribution is 2.28. The van der Waals surface area contributed by atoms with Gasteiger partial charge in [0.05, 0.1) is 7.11 Å². The molecule has 1 rings (SSSR count). The van der Waals surface area contributed by atoms with E-state index >= 15 is 0 Å². The molecular weight excluding hydrogens is 328 g/mol. The highest BCUT2D eigenvalue weighted by atomic mass is 32.2. The fourth-order valence-corrected chi connectivity index (χ4v) is 4.17. The molecule has 0 aliphatic carbocycles. The number of carbonyl (C=O) groups excluding carboxylic acids is 1. The van der Waals surface area contributed by atoms with Crippen LogP contribution in [0.4, 0.5) is 0 Å². The van der Waals surface area contributed by atoms with Crippen molar-refractivity contribution in [1.29, 1.82) is 0 Å². The first-order valence-electron chi connectivity index (χ1n) is 8.30. The number of nitrogens with one attached hydrogen (secondary N) is 1. The van der Waals surface area contributed by atoms with Crippen molar-refractivity contribution < 1.29 is 17.9 Å². The summed E-state index contributed by atoms with van der Waals surface area (Å²) < 4.78 is 32.1. The quantitative estimate of drug-likeness (QED) is 0.738. The topological polar surface area (TPSA) is 75.7 Å². The fraction of sp³-hybridized carbons (Fsp3) is 0.588. The zero-order valence-electron chi connectivity index (χ0n) is 15.1. The van der Waals surface area contributed by atoms with Crippen LogP contribution in [0.5, 0.6) is 5.75 Å². The van der Waals surface area contributed by atoms with Gasteiger partial charge in [-0.15, -0.1) is 0 Å². The summed E-state index contributed by atoms with van der Waals surface area (Å²) in [5.41, 5.74) is 0.310. The van der Waals surface area contributed by atoms with Crippen molar-refractivity contribution in [2.45, 2.75) is 51.5 Å². The second-order valence-corrected chi connectivity index (χ2v) is 7.52. The Labute approximate surface area is 145 Å². The van der Waals surface area contributed by atoms with E-state index in [9.17, 15) is 13.2 Å². The van der Waals surface area contributed by atoms with Crippen LogP contribution < -0.4 is 10.1 Å². The molecule has 1 amide bonds. The average Bonchev–Trinajstić information content (AvgIpc) is 2.55. The van der Waals surface area contributed by atoms with E-state index in [-0.39, 0.29) is 22.6 Å². The first kappa shape index (κ1) is 20.4. The number of benzene rings is 1. The number of amides is 1. The molecular formula is C17H28N2O4S. The lowest BCUT2D eigenvalue weighted by Gasteiger charge is -2.20. The monoisotopic (exact) mass is 356 g/mol. The van der Waals surface area contributed by atoms with Crippen LogP contribution in [0.3, 0.4) is 0 Å². The molecule has 0 spiro atoms. The molecule has 0 aromatic heterocycles. The van der Waals surface area contributed by atoms with Gasteiger partial charge in [-0.3, -0.25) is 4.79 Å². The van der Waals surface area contributed by atoms with Gasteiger partial charge in [-0.05, 0) is 31.5 Å². The molecule has 0 heterocycles. The molecule has 1 aromatic carbocycles. The van der Waals surface area contributed by atoms with Crippen LogP contribution in [0.1, 0.15) is 50.9 Å². The Morgan fingerprint density at radius 1 is 1.25 bits per heavy atom. The molecule has 7 heteroatoms. The van der Waals surface area contributed by atoms with Gasteiger partial charge in [-0.2, -0.15) is 4.31 Å². The van der Waals surface area contributed by atoms with Gasteiger partial charge in [0.1, 0.15) is 10.6 Å². The van der Waals surface area contributed by atoms with Gasteiger partial charge in [-0.25, -0.2) is 8.42 Å². The van der Waals surface area contributed by atoms with E-state index in [1.807, 2.05) is 13.8 Å². The van der Waals surface area contributed by atoms with Crippen molar-refractivity contribution in [2.24, 2.45) is 0 Å². The molecule has 24 heavy (non-hydrogen) atoms. The van der Waals surface area contributed by atoms with Crippen molar-refractivity contribution in [3.8, 4) is 5.75 Å². The molecule has 0 bridgehead atoms. The zero-order valence-corrected chi connectivity index (χ0v) is 15.9. The number of hydrogen-bond acceptors (Lipinski definition) is 4. The minimum atomic E-state index is -3.71. The summed E-state index contributed by atoms with van der Waals surface area (Å²) in [6.45, 7) is 8.23. The molecule has 6 nitrogen and oxygen atoms in total. The smallest absolute Gasteiger partial charge is 0.251 e. The Morgan fingerprint density at radius 3 is 2.38 bits per heavy atom. The summed E-state index contributed by atoms with van der Waals surface area (Å²) in [6, 6.07) is 4.53. The van der Waals surface area contributed by atoms with Crippen molar-refractivity contribution in [3.05, 3.63) is 23.8 Å². The molecule has 0 saturated heterocycles. The third-order valence-corrected chi connectivity index (χ3v) is 5.92. The number of ether oxygens (including phenoxy) is 1. The number of sulfonamides is 1. The lowest BCUT2D eigenvalue weighted by Crippen LogP contribution is -2.33. The number of hydrogen-bond donors (Lipinski definition) is 1. The number of methoxy groups -OCH3 is 1. The highest BCUT2D eigenvalue weighted by molar-refractivity contribution is 7.89. The summed E-state index contributed by atoms with van der Waals surface area (Å²) >= 11 is 0. The second-order valence-electron chi connectivity index (χ2n) is 5.62. The van der Waals surface area contributed by atoms with Gasteiger partial charge in [0.25, 0.3) is 5.91 Å². The van der Waals surface area contributed by atoms with E-state index in [1.165, 1.54) is 23.5 Å². The second kappa shape index (κ2) is 9.03. The van der Waals surface area contributed by atoms with Gasteiger partial charge in [-0.1, -0.05) is 27.2 Å². The first-order valence-corrected chi connectivity index (χ1v) is 9.74. The minimum absolute atomic E-state index is 0.0181. The van der Waals surface area contributed by atoms with Crippen LogP contribution in [0, 0.1) is 0 Å². The minimum Gasteiger partial charge on any atom is -0.495 e. The van der Waals surface area contributed by atoms with Crippen LogP contribution in [0.15, 0.2) is 23.1 Å². The standard InChI is InChI=1S/C17H28N2O4S/c1-6-9-13(4)18-17(20)14-10-11-15(23-5)16(12-14)24(21,22)19(7-2)8-3/h10-13H,6-9H2,1-5H3,(H,18,20)/t13-/m1/s1. The van der Waals surface area contributed by atoms with Crippen LogP contribution in [-0.4, -0.2) is 44.9 Å². The molecule has 0 saturated carbocycles. The maximum Gasteiger partial charge on any atom is 0.251 e. The fourth-order valence-electron chi connectivity index (χ4n) is 2.53. The highest BCUT2D eigenvalue weighted by Gasteiger charge is 2.26. The van der Waals surface area contributed by atoms with Gasteiger partial charge >= 0.3 is 0 Å². The average molecular weight is 356 g/mol. The zero-order chi connectivity index (χ0) is 18.3. The Hall–Kier alpha value is -1.60. The molecule has 0 fully saturated rings. The van der Waals surface area contributed by atoms with Crippen LogP contribution in [0.25, 0.3) is 0 Å². The van der Waals surface area contributed by atoms with Crippen LogP contribution in [-0.2, 0) is 10.0 Å². The maximum atomic E-state index is 12.8. The summed E-state index contributed by atoms with van der Waals surface area (Å²) in [7, 11) is -2.29. The molecule has 0 radical (unpaired) electrons. The molecule has 0 unspecified atom stereocenters. The third-order valence-electron chi connectivity index (χ3n) is 3.85. The van der Waals surface area contributed by atoms with Gasteiger partial charge < -0.3 is 10.1 Å². The molecule has 1 atom stereocenters. The Balaban J connectivity index is 3.24. The third kappa shape index (κ3) is 4.70. The summed E-state index contributed by atoms with van der Waals surface area (Å²) in [4.78, 5) is 12.4. The Bertz CT molecular complexity index is 655. The number of nitrogens with zero attached hydrogens (tertiary/aromatic N) is 1. The van der Waals surface area contributed by atoms with E-state index < -0.39 is 10.0 Å². The molecule has 0 aliphatic rings. The molecule has 0 aliphatic heterocycles. The number of rotatable bonds is 9. The Morgan fingerprint density at radius 2 is 1.88 bits per heavy atom. The lowest BCUT2D eigenvalue weighted by molar-refractivity contribution is 0.0938. The summed E-state index contributed by atoms with van der Waals surface area (Å²) in [5, 5.41) is 2.88. The van der Waals surface area contributed by atoms with Gasteiger partial charge in [0, 0.05) is 24.7 Å². The molecule has 1 aromatic rings. The predicted octanol–water partition coefficient (Wildman–Crippen LogP) is 2.64. The van der Waals surface area contributed by atoms with Crippen LogP contribution >= 0.6 is 0 Å². The van der Waals surface area contributed by atoms with Gasteiger partial charge in [0.2, 0.25) is 10.0 Å². The summed E-state index contributed by atoms with van der Waals surface area (Å²) in [5.74, 6) is -0.0466. The van der Waals surface area contributed by atoms with E-state index in [4.69, 9.17) is 4.74 Å². The Kier molecular flexibility index (Phi) is 7.69. The first-order chi connectivity index (χ1) is 11.3.